The van der Waals surface area contributed by atoms with E-state index in [2.05, 4.69) is 20.8 Å². The molecule has 1 aliphatic rings. The maximum Gasteiger partial charge on any atom is 0.328 e. The summed E-state index contributed by atoms with van der Waals surface area (Å²) in [6.45, 7) is -0.0245. The summed E-state index contributed by atoms with van der Waals surface area (Å²) in [5.74, 6) is 0.125. The molecule has 11 nitrogen and oxygen atoms in total. The molecule has 1 fully saturated rings. The van der Waals surface area contributed by atoms with E-state index in [1.807, 2.05) is 78.3 Å². The number of hydrogen-bond donors (Lipinski definition) is 3. The standard InChI is InChI=1S/C32H35N5O6S/c1-37-20-33-36-32(37)44-19-26-17-28(23-10-8-22(18-38)9-11-23)43-30(42-26)24-12-14-25(15-13-24)34-31(40)35-27(29(39)41-2)16-21-6-4-3-5-7-21/h3-15,20,26-28,30,38H,16-19H2,1-2H3,(H2,34,35,40)/t26-,27-,28+,30+/m0/s1. The van der Waals surface area contributed by atoms with Gasteiger partial charge in [-0.1, -0.05) is 78.5 Å². The number of methoxy groups -OCH3 is 1. The zero-order valence-corrected chi connectivity index (χ0v) is 25.3. The highest BCUT2D eigenvalue weighted by molar-refractivity contribution is 7.99. The number of nitrogens with one attached hydrogen (secondary N) is 2. The average Bonchev–Trinajstić information content (AvgIpc) is 3.48. The minimum Gasteiger partial charge on any atom is -0.467 e. The third-order valence-corrected chi connectivity index (χ3v) is 8.36. The lowest BCUT2D eigenvalue weighted by Crippen LogP contribution is -2.45. The number of nitrogens with zero attached hydrogens (tertiary/aromatic N) is 3. The number of aryl methyl sites for hydroxylation is 1. The fourth-order valence-electron chi connectivity index (χ4n) is 4.83. The van der Waals surface area contributed by atoms with Crippen LogP contribution in [0.25, 0.3) is 0 Å². The van der Waals surface area contributed by atoms with Crippen LogP contribution in [0.1, 0.15) is 41.1 Å². The molecule has 3 aromatic carbocycles. The van der Waals surface area contributed by atoms with Gasteiger partial charge in [-0.2, -0.15) is 0 Å². The number of benzene rings is 3. The fraction of sp³-hybridized carbons (Fsp3) is 0.312. The summed E-state index contributed by atoms with van der Waals surface area (Å²) < 4.78 is 19.6. The van der Waals surface area contributed by atoms with Gasteiger partial charge < -0.3 is 34.5 Å². The molecule has 230 valence electrons. The molecular weight excluding hydrogens is 582 g/mol. The normalized spacial score (nSPS) is 18.8. The van der Waals surface area contributed by atoms with E-state index in [1.165, 1.54) is 7.11 Å². The summed E-state index contributed by atoms with van der Waals surface area (Å²) in [6.07, 6.45) is 1.60. The maximum absolute atomic E-state index is 12.8. The monoisotopic (exact) mass is 617 g/mol. The fourth-order valence-corrected chi connectivity index (χ4v) is 5.73. The van der Waals surface area contributed by atoms with Crippen molar-refractivity contribution in [1.82, 2.24) is 20.1 Å². The topological polar surface area (TPSA) is 137 Å². The van der Waals surface area contributed by atoms with Gasteiger partial charge in [0.1, 0.15) is 12.4 Å². The largest absolute Gasteiger partial charge is 0.467 e. The van der Waals surface area contributed by atoms with Crippen LogP contribution in [0, 0.1) is 0 Å². The minimum absolute atomic E-state index is 0.0245. The Bertz CT molecular complexity index is 1520. The van der Waals surface area contributed by atoms with Crippen LogP contribution in [-0.2, 0) is 39.1 Å². The van der Waals surface area contributed by atoms with E-state index in [0.717, 1.165) is 27.4 Å². The van der Waals surface area contributed by atoms with Crippen molar-refractivity contribution in [2.75, 3.05) is 18.2 Å². The predicted molar refractivity (Wildman–Crippen MR) is 165 cm³/mol. The van der Waals surface area contributed by atoms with Gasteiger partial charge in [0.15, 0.2) is 11.4 Å². The molecular formula is C32H35N5O6S. The molecule has 12 heteroatoms. The minimum atomic E-state index is -0.842. The summed E-state index contributed by atoms with van der Waals surface area (Å²) in [6, 6.07) is 23.0. The first-order valence-corrected chi connectivity index (χ1v) is 15.2. The average molecular weight is 618 g/mol. The molecule has 44 heavy (non-hydrogen) atoms. The molecule has 4 atom stereocenters. The third kappa shape index (κ3) is 8.23. The first-order valence-electron chi connectivity index (χ1n) is 14.2. The number of carbonyl (C=O) groups is 2. The summed E-state index contributed by atoms with van der Waals surface area (Å²) >= 11 is 1.57. The summed E-state index contributed by atoms with van der Waals surface area (Å²) in [5, 5.41) is 23.9. The van der Waals surface area contributed by atoms with Crippen LogP contribution in [0.5, 0.6) is 0 Å². The molecule has 1 saturated heterocycles. The highest BCUT2D eigenvalue weighted by atomic mass is 32.2. The molecule has 1 aromatic heterocycles. The maximum atomic E-state index is 12.8. The van der Waals surface area contributed by atoms with Crippen LogP contribution in [0.4, 0.5) is 10.5 Å². The zero-order chi connectivity index (χ0) is 30.9. The second-order valence-corrected chi connectivity index (χ2v) is 11.4. The van der Waals surface area contributed by atoms with Gasteiger partial charge in [0, 0.05) is 36.9 Å². The van der Waals surface area contributed by atoms with Crippen molar-refractivity contribution in [3.63, 3.8) is 0 Å². The van der Waals surface area contributed by atoms with Crippen LogP contribution in [0.2, 0.25) is 0 Å². The van der Waals surface area contributed by atoms with Gasteiger partial charge in [0.05, 0.1) is 25.9 Å². The van der Waals surface area contributed by atoms with Crippen molar-refractivity contribution >= 4 is 29.4 Å². The smallest absolute Gasteiger partial charge is 0.328 e. The Kier molecular flexibility index (Phi) is 10.6. The first kappa shape index (κ1) is 31.2. The zero-order valence-electron chi connectivity index (χ0n) is 24.5. The van der Waals surface area contributed by atoms with E-state index >= 15 is 0 Å². The second kappa shape index (κ2) is 15.0. The Balaban J connectivity index is 1.25. The van der Waals surface area contributed by atoms with Gasteiger partial charge in [-0.05, 0) is 28.8 Å². The number of hydrogen-bond acceptors (Lipinski definition) is 9. The van der Waals surface area contributed by atoms with Crippen molar-refractivity contribution in [3.05, 3.63) is 107 Å². The van der Waals surface area contributed by atoms with E-state index in [9.17, 15) is 14.7 Å². The lowest BCUT2D eigenvalue weighted by Gasteiger charge is -2.36. The van der Waals surface area contributed by atoms with Gasteiger partial charge in [0.25, 0.3) is 0 Å². The van der Waals surface area contributed by atoms with Crippen LogP contribution >= 0.6 is 11.8 Å². The molecule has 0 aliphatic carbocycles. The first-order chi connectivity index (χ1) is 21.4. The van der Waals surface area contributed by atoms with E-state index in [0.29, 0.717) is 24.3 Å². The summed E-state index contributed by atoms with van der Waals surface area (Å²) in [7, 11) is 3.19. The SMILES string of the molecule is COC(=O)[C@H](Cc1ccccc1)NC(=O)Nc1ccc([C@@H]2O[C@H](CSc3nncn3C)C[C@H](c3ccc(CO)cc3)O2)cc1. The predicted octanol–water partition coefficient (Wildman–Crippen LogP) is 4.55. The molecule has 2 amide bonds. The number of esters is 1. The van der Waals surface area contributed by atoms with Gasteiger partial charge in [-0.15, -0.1) is 10.2 Å². The number of ether oxygens (including phenoxy) is 3. The molecule has 1 aliphatic heterocycles. The number of aromatic nitrogens is 3. The Morgan fingerprint density at radius 2 is 1.75 bits per heavy atom. The number of thioether (sulfide) groups is 1. The van der Waals surface area contributed by atoms with E-state index in [4.69, 9.17) is 14.2 Å². The molecule has 3 N–H and O–H groups in total. The van der Waals surface area contributed by atoms with Crippen LogP contribution < -0.4 is 10.6 Å². The number of amides is 2. The van der Waals surface area contributed by atoms with Crippen LogP contribution in [0.15, 0.2) is 90.3 Å². The third-order valence-electron chi connectivity index (χ3n) is 7.20. The van der Waals surface area contributed by atoms with Crippen molar-refractivity contribution in [3.8, 4) is 0 Å². The van der Waals surface area contributed by atoms with Crippen molar-refractivity contribution in [2.45, 2.75) is 49.1 Å². The molecule has 5 rings (SSSR count). The molecule has 0 bridgehead atoms. The summed E-state index contributed by atoms with van der Waals surface area (Å²) in [4.78, 5) is 25.1. The molecule has 4 aromatic rings. The summed E-state index contributed by atoms with van der Waals surface area (Å²) in [5.41, 5.74) is 4.05. The molecule has 2 heterocycles. The number of anilines is 1. The lowest BCUT2D eigenvalue weighted by atomic mass is 10.0. The van der Waals surface area contributed by atoms with E-state index in [-0.39, 0.29) is 18.8 Å². The molecule has 0 saturated carbocycles. The van der Waals surface area contributed by atoms with Gasteiger partial charge in [-0.3, -0.25) is 0 Å². The molecule has 0 spiro atoms. The quantitative estimate of drug-likeness (QED) is 0.164. The number of aliphatic hydroxyl groups excluding tert-OH is 1. The van der Waals surface area contributed by atoms with Crippen LogP contribution in [0.3, 0.4) is 0 Å². The molecule has 0 radical (unpaired) electrons. The van der Waals surface area contributed by atoms with Crippen LogP contribution in [-0.4, -0.2) is 56.9 Å². The Labute approximate surface area is 259 Å². The van der Waals surface area contributed by atoms with Crippen molar-refractivity contribution in [2.24, 2.45) is 7.05 Å². The lowest BCUT2D eigenvalue weighted by molar-refractivity contribution is -0.245. The number of rotatable bonds is 11. The number of urea groups is 1. The van der Waals surface area contributed by atoms with Crippen molar-refractivity contribution < 1.29 is 28.9 Å². The highest BCUT2D eigenvalue weighted by Crippen LogP contribution is 2.39. The second-order valence-electron chi connectivity index (χ2n) is 10.4. The molecule has 0 unspecified atom stereocenters. The van der Waals surface area contributed by atoms with Crippen molar-refractivity contribution in [1.29, 1.82) is 0 Å². The number of aliphatic hydroxyl groups is 1. The van der Waals surface area contributed by atoms with Gasteiger partial charge >= 0.3 is 12.0 Å². The Morgan fingerprint density at radius 3 is 2.41 bits per heavy atom. The van der Waals surface area contributed by atoms with E-state index in [1.54, 1.807) is 30.2 Å². The Hall–Kier alpha value is -4.23. The Morgan fingerprint density at radius 1 is 1.02 bits per heavy atom. The van der Waals surface area contributed by atoms with E-state index < -0.39 is 24.3 Å². The number of carbonyl (C=O) groups excluding carboxylic acids is 2. The van der Waals surface area contributed by atoms with Gasteiger partial charge in [0.2, 0.25) is 0 Å². The van der Waals surface area contributed by atoms with Gasteiger partial charge in [-0.25, -0.2) is 9.59 Å². The highest BCUT2D eigenvalue weighted by Gasteiger charge is 2.32.